The van der Waals surface area contributed by atoms with Crippen LogP contribution in [0.1, 0.15) is 36.4 Å². The van der Waals surface area contributed by atoms with Crippen LogP contribution < -0.4 is 0 Å². The molecule has 23 heavy (non-hydrogen) atoms. The number of rotatable bonds is 2. The van der Waals surface area contributed by atoms with Gasteiger partial charge in [-0.3, -0.25) is 4.79 Å². The lowest BCUT2D eigenvalue weighted by Gasteiger charge is -2.27. The van der Waals surface area contributed by atoms with Gasteiger partial charge in [-0.25, -0.2) is 0 Å². The van der Waals surface area contributed by atoms with E-state index >= 15 is 0 Å². The Hall–Kier alpha value is -1.21. The van der Waals surface area contributed by atoms with E-state index < -0.39 is 17.8 Å². The molecule has 0 aromatic heterocycles. The van der Waals surface area contributed by atoms with Gasteiger partial charge in [-0.2, -0.15) is 13.2 Å². The molecule has 7 heteroatoms. The zero-order valence-corrected chi connectivity index (χ0v) is 13.2. The summed E-state index contributed by atoms with van der Waals surface area (Å²) in [5.41, 5.74) is -0.0603. The van der Waals surface area contributed by atoms with Gasteiger partial charge in [0.05, 0.1) is 23.0 Å². The predicted octanol–water partition coefficient (Wildman–Crippen LogP) is 3.24. The minimum absolute atomic E-state index is 0.00560. The normalized spacial score (nSPS) is 28.3. The zero-order valence-electron chi connectivity index (χ0n) is 12.4. The van der Waals surface area contributed by atoms with Gasteiger partial charge in [-0.1, -0.05) is 12.1 Å². The summed E-state index contributed by atoms with van der Waals surface area (Å²) in [4.78, 5) is 14.3. The highest BCUT2D eigenvalue weighted by atomic mass is 32.2. The summed E-state index contributed by atoms with van der Waals surface area (Å²) in [5.74, 6) is 0.950. The highest BCUT2D eigenvalue weighted by Crippen LogP contribution is 2.37. The van der Waals surface area contributed by atoms with E-state index in [1.165, 1.54) is 12.1 Å². The number of likely N-dealkylation sites (tertiary alicyclic amines) is 1. The molecular weight excluding hydrogens is 327 g/mol. The quantitative estimate of drug-likeness (QED) is 0.895. The smallest absolute Gasteiger partial charge is 0.391 e. The first kappa shape index (κ1) is 16.6. The van der Waals surface area contributed by atoms with Crippen LogP contribution in [0.2, 0.25) is 0 Å². The second kappa shape index (κ2) is 6.36. The third kappa shape index (κ3) is 3.50. The van der Waals surface area contributed by atoms with Gasteiger partial charge in [0, 0.05) is 6.54 Å². The molecule has 3 nitrogen and oxygen atoms in total. The molecule has 2 aliphatic heterocycles. The molecule has 1 aromatic carbocycles. The van der Waals surface area contributed by atoms with Gasteiger partial charge in [0.15, 0.2) is 0 Å². The molecule has 0 bridgehead atoms. The van der Waals surface area contributed by atoms with Gasteiger partial charge in [-0.05, 0) is 42.7 Å². The Morgan fingerprint density at radius 3 is 2.52 bits per heavy atom. The monoisotopic (exact) mass is 345 g/mol. The number of alkyl halides is 3. The third-order valence-electron chi connectivity index (χ3n) is 4.39. The van der Waals surface area contributed by atoms with Crippen molar-refractivity contribution < 1.29 is 23.1 Å². The molecule has 0 radical (unpaired) electrons. The number of hydrogen-bond acceptors (Lipinski definition) is 3. The van der Waals surface area contributed by atoms with Crippen molar-refractivity contribution in [3.05, 3.63) is 35.4 Å². The number of hydrogen-bond donors (Lipinski definition) is 1. The summed E-state index contributed by atoms with van der Waals surface area (Å²) in [5, 5.41) is 9.84. The first-order valence-electron chi connectivity index (χ1n) is 7.63. The van der Waals surface area contributed by atoms with Crippen LogP contribution in [-0.2, 0) is 11.0 Å². The molecule has 1 amide bonds. The zero-order chi connectivity index (χ0) is 16.6. The van der Waals surface area contributed by atoms with Gasteiger partial charge in [0.1, 0.15) is 0 Å². The second-order valence-electron chi connectivity index (χ2n) is 6.02. The number of β-amino-alcohol motifs (C(OH)–C–C–N with tert-alkyl or cyclic N) is 1. The average Bonchev–Trinajstić information content (AvgIpc) is 3.15. The number of benzene rings is 1. The molecule has 3 atom stereocenters. The van der Waals surface area contributed by atoms with Crippen molar-refractivity contribution >= 4 is 17.7 Å². The van der Waals surface area contributed by atoms with E-state index in [-0.39, 0.29) is 23.7 Å². The lowest BCUT2D eigenvalue weighted by atomic mass is 10.0. The van der Waals surface area contributed by atoms with Crippen molar-refractivity contribution in [1.29, 1.82) is 0 Å². The second-order valence-corrected chi connectivity index (χ2v) is 7.33. The van der Waals surface area contributed by atoms with Crippen molar-refractivity contribution in [2.45, 2.75) is 42.8 Å². The third-order valence-corrected chi connectivity index (χ3v) is 5.75. The van der Waals surface area contributed by atoms with Crippen molar-refractivity contribution in [3.63, 3.8) is 0 Å². The number of aliphatic hydroxyl groups is 1. The Balaban J connectivity index is 1.80. The van der Waals surface area contributed by atoms with Gasteiger partial charge in [0.2, 0.25) is 5.91 Å². The minimum atomic E-state index is -4.37. The van der Waals surface area contributed by atoms with Crippen molar-refractivity contribution in [2.24, 2.45) is 0 Å². The minimum Gasteiger partial charge on any atom is -0.391 e. The molecule has 3 rings (SSSR count). The highest BCUT2D eigenvalue weighted by molar-refractivity contribution is 8.00. The molecule has 2 saturated heterocycles. The maximum absolute atomic E-state index is 12.7. The Morgan fingerprint density at radius 2 is 1.96 bits per heavy atom. The molecule has 2 fully saturated rings. The molecule has 126 valence electrons. The van der Waals surface area contributed by atoms with Gasteiger partial charge in [0.25, 0.3) is 0 Å². The van der Waals surface area contributed by atoms with E-state index in [0.29, 0.717) is 12.0 Å². The Bertz CT molecular complexity index is 570. The Kier molecular flexibility index (Phi) is 4.60. The maximum atomic E-state index is 12.7. The molecule has 2 heterocycles. The van der Waals surface area contributed by atoms with Crippen LogP contribution in [-0.4, -0.2) is 39.6 Å². The number of aliphatic hydroxyl groups excluding tert-OH is 1. The SMILES string of the molecule is O=C(C1CCCS1)N1CC(O)CC1c1ccc(C(F)(F)F)cc1. The molecule has 1 N–H and O–H groups in total. The van der Waals surface area contributed by atoms with Crippen molar-refractivity contribution in [1.82, 2.24) is 4.90 Å². The molecule has 0 saturated carbocycles. The first-order valence-corrected chi connectivity index (χ1v) is 8.68. The molecule has 1 aromatic rings. The molecule has 3 unspecified atom stereocenters. The summed E-state index contributed by atoms with van der Waals surface area (Å²) < 4.78 is 38.0. The summed E-state index contributed by atoms with van der Waals surface area (Å²) in [6.45, 7) is 0.252. The lowest BCUT2D eigenvalue weighted by Crippen LogP contribution is -2.37. The van der Waals surface area contributed by atoms with Gasteiger partial charge in [-0.15, -0.1) is 11.8 Å². The number of thioether (sulfide) groups is 1. The van der Waals surface area contributed by atoms with Crippen molar-refractivity contribution in [2.75, 3.05) is 12.3 Å². The standard InChI is InChI=1S/C16H18F3NO2S/c17-16(18,19)11-5-3-10(4-6-11)13-8-12(21)9-20(13)15(22)14-2-1-7-23-14/h3-6,12-14,21H,1-2,7-9H2. The van der Waals surface area contributed by atoms with E-state index in [0.717, 1.165) is 30.7 Å². The van der Waals surface area contributed by atoms with Gasteiger partial charge < -0.3 is 10.0 Å². The predicted molar refractivity (Wildman–Crippen MR) is 82.0 cm³/mol. The van der Waals surface area contributed by atoms with Crippen LogP contribution in [0.4, 0.5) is 13.2 Å². The van der Waals surface area contributed by atoms with E-state index in [1.807, 2.05) is 0 Å². The van der Waals surface area contributed by atoms with E-state index in [2.05, 4.69) is 0 Å². The van der Waals surface area contributed by atoms with Crippen LogP contribution in [0.25, 0.3) is 0 Å². The highest BCUT2D eigenvalue weighted by Gasteiger charge is 2.39. The molecule has 0 spiro atoms. The van der Waals surface area contributed by atoms with Crippen LogP contribution in [0.15, 0.2) is 24.3 Å². The maximum Gasteiger partial charge on any atom is 0.416 e. The number of amides is 1. The number of halogens is 3. The number of nitrogens with zero attached hydrogens (tertiary/aromatic N) is 1. The molecular formula is C16H18F3NO2S. The molecule has 0 aliphatic carbocycles. The van der Waals surface area contributed by atoms with Crippen LogP contribution in [0.5, 0.6) is 0 Å². The summed E-state index contributed by atoms with van der Waals surface area (Å²) in [6, 6.07) is 4.54. The van der Waals surface area contributed by atoms with Crippen LogP contribution in [0, 0.1) is 0 Å². The average molecular weight is 345 g/mol. The summed E-state index contributed by atoms with van der Waals surface area (Å²) in [7, 11) is 0. The van der Waals surface area contributed by atoms with E-state index in [4.69, 9.17) is 0 Å². The van der Waals surface area contributed by atoms with Gasteiger partial charge >= 0.3 is 6.18 Å². The summed E-state index contributed by atoms with van der Waals surface area (Å²) in [6.07, 6.45) is -2.80. The number of carbonyl (C=O) groups is 1. The van der Waals surface area contributed by atoms with E-state index in [1.54, 1.807) is 16.7 Å². The molecule has 2 aliphatic rings. The topological polar surface area (TPSA) is 40.5 Å². The van der Waals surface area contributed by atoms with Crippen LogP contribution in [0.3, 0.4) is 0 Å². The summed E-state index contributed by atoms with van der Waals surface area (Å²) >= 11 is 1.62. The fraction of sp³-hybridized carbons (Fsp3) is 0.562. The van der Waals surface area contributed by atoms with Crippen molar-refractivity contribution in [3.8, 4) is 0 Å². The first-order chi connectivity index (χ1) is 10.9. The Labute approximate surface area is 136 Å². The fourth-order valence-electron chi connectivity index (χ4n) is 3.22. The largest absolute Gasteiger partial charge is 0.416 e. The van der Waals surface area contributed by atoms with Crippen LogP contribution >= 0.6 is 11.8 Å². The lowest BCUT2D eigenvalue weighted by molar-refractivity contribution is -0.137. The Morgan fingerprint density at radius 1 is 1.26 bits per heavy atom. The fourth-order valence-corrected chi connectivity index (χ4v) is 4.45. The van der Waals surface area contributed by atoms with E-state index in [9.17, 15) is 23.1 Å². The number of carbonyl (C=O) groups excluding carboxylic acids is 1.